The number of H-pyrrole nitrogens is 1. The van der Waals surface area contributed by atoms with Gasteiger partial charge in [0.15, 0.2) is 5.82 Å². The van der Waals surface area contributed by atoms with E-state index in [1.165, 1.54) is 18.4 Å². The van der Waals surface area contributed by atoms with Gasteiger partial charge in [-0.3, -0.25) is 4.98 Å². The quantitative estimate of drug-likeness (QED) is 0.377. The van der Waals surface area contributed by atoms with Crippen LogP contribution in [0.3, 0.4) is 0 Å². The van der Waals surface area contributed by atoms with E-state index < -0.39 is 10.0 Å². The maximum absolute atomic E-state index is 13.0. The van der Waals surface area contributed by atoms with E-state index in [0.717, 1.165) is 47.6 Å². The van der Waals surface area contributed by atoms with Gasteiger partial charge in [-0.25, -0.2) is 22.7 Å². The zero-order valence-electron chi connectivity index (χ0n) is 21.3. The van der Waals surface area contributed by atoms with E-state index in [1.54, 1.807) is 18.3 Å². The summed E-state index contributed by atoms with van der Waals surface area (Å²) in [4.78, 5) is 21.9. The van der Waals surface area contributed by atoms with Crippen molar-refractivity contribution in [3.63, 3.8) is 0 Å². The average Bonchev–Trinajstić information content (AvgIpc) is 3.41. The van der Waals surface area contributed by atoms with Gasteiger partial charge in [-0.05, 0) is 37.3 Å². The molecule has 194 valence electrons. The van der Waals surface area contributed by atoms with Gasteiger partial charge in [-0.1, -0.05) is 0 Å². The number of morpholine rings is 1. The van der Waals surface area contributed by atoms with Crippen molar-refractivity contribution in [2.45, 2.75) is 18.4 Å². The largest absolute Gasteiger partial charge is 0.378 e. The van der Waals surface area contributed by atoms with Crippen molar-refractivity contribution in [2.24, 2.45) is 0 Å². The molecule has 1 aliphatic rings. The van der Waals surface area contributed by atoms with Crippen LogP contribution in [-0.4, -0.2) is 79.6 Å². The summed E-state index contributed by atoms with van der Waals surface area (Å²) in [7, 11) is -0.583. The molecule has 1 aliphatic heterocycles. The van der Waals surface area contributed by atoms with Crippen molar-refractivity contribution in [2.75, 3.05) is 56.7 Å². The van der Waals surface area contributed by atoms with Crippen molar-refractivity contribution in [1.82, 2.24) is 24.2 Å². The Morgan fingerprint density at radius 2 is 1.92 bits per heavy atom. The SMILES string of the molecule is CCN(Cc1nc(-c2cc(S(=O)(=O)N(C)C)cc3[nH]ccc23)cc(N2CCOCC2)n1)c1cccnc1. The van der Waals surface area contributed by atoms with Gasteiger partial charge in [-0.15, -0.1) is 0 Å². The minimum atomic E-state index is -3.65. The fourth-order valence-corrected chi connectivity index (χ4v) is 5.41. The number of benzene rings is 1. The van der Waals surface area contributed by atoms with Crippen LogP contribution in [0.15, 0.2) is 59.9 Å². The van der Waals surface area contributed by atoms with Gasteiger partial charge >= 0.3 is 0 Å². The number of ether oxygens (including phenoxy) is 1. The number of hydrogen-bond donors (Lipinski definition) is 1. The van der Waals surface area contributed by atoms with Crippen molar-refractivity contribution < 1.29 is 13.2 Å². The van der Waals surface area contributed by atoms with Crippen LogP contribution >= 0.6 is 0 Å². The van der Waals surface area contributed by atoms with Gasteiger partial charge in [0, 0.05) is 68.7 Å². The number of anilines is 2. The van der Waals surface area contributed by atoms with Gasteiger partial charge < -0.3 is 19.5 Å². The summed E-state index contributed by atoms with van der Waals surface area (Å²) >= 11 is 0. The van der Waals surface area contributed by atoms with E-state index in [-0.39, 0.29) is 4.90 Å². The van der Waals surface area contributed by atoms with E-state index in [1.807, 2.05) is 36.7 Å². The van der Waals surface area contributed by atoms with Crippen molar-refractivity contribution >= 4 is 32.4 Å². The van der Waals surface area contributed by atoms with Crippen LogP contribution in [0, 0.1) is 0 Å². The lowest BCUT2D eigenvalue weighted by atomic mass is 10.1. The minimum Gasteiger partial charge on any atom is -0.378 e. The van der Waals surface area contributed by atoms with Gasteiger partial charge in [0.05, 0.1) is 42.2 Å². The maximum atomic E-state index is 13.0. The standard InChI is InChI=1S/C26H31N7O3S/c1-4-32(19-6-5-8-27-17-19)18-25-29-24(16-26(30-25)33-10-12-36-13-11-33)22-14-20(37(34,35)31(2)3)15-23-21(22)7-9-28-23/h5-9,14-17,28H,4,10-13,18H2,1-3H3. The van der Waals surface area contributed by atoms with Crippen LogP contribution < -0.4 is 9.80 Å². The fourth-order valence-electron chi connectivity index (χ4n) is 4.46. The molecule has 4 heterocycles. The number of aromatic amines is 1. The molecule has 0 radical (unpaired) electrons. The Morgan fingerprint density at radius 1 is 1.11 bits per heavy atom. The average molecular weight is 522 g/mol. The van der Waals surface area contributed by atoms with Crippen LogP contribution in [0.5, 0.6) is 0 Å². The second-order valence-corrected chi connectivity index (χ2v) is 11.2. The number of aromatic nitrogens is 4. The predicted octanol–water partition coefficient (Wildman–Crippen LogP) is 3.13. The lowest BCUT2D eigenvalue weighted by molar-refractivity contribution is 0.122. The first-order chi connectivity index (χ1) is 17.9. The molecule has 5 rings (SSSR count). The molecule has 0 bridgehead atoms. The van der Waals surface area contributed by atoms with Gasteiger partial charge in [0.2, 0.25) is 10.0 Å². The number of sulfonamides is 1. The molecule has 1 fully saturated rings. The van der Waals surface area contributed by atoms with Crippen molar-refractivity contribution in [1.29, 1.82) is 0 Å². The van der Waals surface area contributed by atoms with Crippen LogP contribution in [0.1, 0.15) is 12.7 Å². The topological polar surface area (TPSA) is 108 Å². The summed E-state index contributed by atoms with van der Waals surface area (Å²) in [5, 5.41) is 0.898. The molecule has 0 amide bonds. The zero-order chi connectivity index (χ0) is 26.0. The normalized spacial score (nSPS) is 14.4. The van der Waals surface area contributed by atoms with Crippen LogP contribution in [0.25, 0.3) is 22.2 Å². The Bertz CT molecular complexity index is 1480. The van der Waals surface area contributed by atoms with Crippen molar-refractivity contribution in [3.05, 3.63) is 60.8 Å². The van der Waals surface area contributed by atoms with Crippen LogP contribution in [0.2, 0.25) is 0 Å². The molecule has 0 aliphatic carbocycles. The third kappa shape index (κ3) is 5.15. The van der Waals surface area contributed by atoms with E-state index >= 15 is 0 Å². The number of fused-ring (bicyclic) bond motifs is 1. The lowest BCUT2D eigenvalue weighted by Crippen LogP contribution is -2.37. The molecule has 0 saturated carbocycles. The molecule has 4 aromatic rings. The Morgan fingerprint density at radius 3 is 2.62 bits per heavy atom. The number of nitrogens with zero attached hydrogens (tertiary/aromatic N) is 6. The number of nitrogens with one attached hydrogen (secondary N) is 1. The third-order valence-corrected chi connectivity index (χ3v) is 8.31. The van der Waals surface area contributed by atoms with Crippen LogP contribution in [0.4, 0.5) is 11.5 Å². The monoisotopic (exact) mass is 521 g/mol. The smallest absolute Gasteiger partial charge is 0.242 e. The number of pyridine rings is 1. The molecule has 10 nitrogen and oxygen atoms in total. The van der Waals surface area contributed by atoms with Crippen molar-refractivity contribution in [3.8, 4) is 11.3 Å². The molecule has 1 saturated heterocycles. The Labute approximate surface area is 217 Å². The molecule has 1 aromatic carbocycles. The fraction of sp³-hybridized carbons (Fsp3) is 0.346. The summed E-state index contributed by atoms with van der Waals surface area (Å²) in [6, 6.07) is 11.2. The summed E-state index contributed by atoms with van der Waals surface area (Å²) in [5.41, 5.74) is 3.13. The molecule has 11 heteroatoms. The predicted molar refractivity (Wildman–Crippen MR) is 144 cm³/mol. The minimum absolute atomic E-state index is 0.209. The van der Waals surface area contributed by atoms with E-state index in [2.05, 4.69) is 26.7 Å². The van der Waals surface area contributed by atoms with Crippen LogP contribution in [-0.2, 0) is 21.3 Å². The second kappa shape index (κ2) is 10.4. The molecular formula is C26H31N7O3S. The van der Waals surface area contributed by atoms with Gasteiger partial charge in [-0.2, -0.15) is 0 Å². The summed E-state index contributed by atoms with van der Waals surface area (Å²) in [6.07, 6.45) is 5.39. The highest BCUT2D eigenvalue weighted by atomic mass is 32.2. The zero-order valence-corrected chi connectivity index (χ0v) is 22.1. The molecule has 0 atom stereocenters. The first-order valence-electron chi connectivity index (χ1n) is 12.3. The van der Waals surface area contributed by atoms with Gasteiger partial charge in [0.1, 0.15) is 5.82 Å². The third-order valence-electron chi connectivity index (χ3n) is 6.52. The number of rotatable bonds is 8. The van der Waals surface area contributed by atoms with E-state index in [4.69, 9.17) is 14.7 Å². The molecule has 0 spiro atoms. The highest BCUT2D eigenvalue weighted by Gasteiger charge is 2.23. The Balaban J connectivity index is 1.65. The highest BCUT2D eigenvalue weighted by molar-refractivity contribution is 7.89. The Hall–Kier alpha value is -3.54. The lowest BCUT2D eigenvalue weighted by Gasteiger charge is -2.29. The molecule has 0 unspecified atom stereocenters. The Kier molecular flexibility index (Phi) is 7.09. The van der Waals surface area contributed by atoms with E-state index in [9.17, 15) is 8.42 Å². The molecular weight excluding hydrogens is 490 g/mol. The summed E-state index contributed by atoms with van der Waals surface area (Å²) in [5.74, 6) is 1.45. The van der Waals surface area contributed by atoms with E-state index in [0.29, 0.717) is 31.3 Å². The summed E-state index contributed by atoms with van der Waals surface area (Å²) in [6.45, 7) is 6.03. The number of hydrogen-bond acceptors (Lipinski definition) is 8. The maximum Gasteiger partial charge on any atom is 0.242 e. The van der Waals surface area contributed by atoms with Gasteiger partial charge in [0.25, 0.3) is 0 Å². The molecule has 1 N–H and O–H groups in total. The second-order valence-electron chi connectivity index (χ2n) is 9.05. The first-order valence-corrected chi connectivity index (χ1v) is 13.7. The molecule has 37 heavy (non-hydrogen) atoms. The molecule has 3 aromatic heterocycles. The summed E-state index contributed by atoms with van der Waals surface area (Å²) < 4.78 is 32.9. The highest BCUT2D eigenvalue weighted by Crippen LogP contribution is 2.33. The first kappa shape index (κ1) is 25.1.